The fraction of sp³-hybridized carbons (Fsp3) is 0.667. The lowest BCUT2D eigenvalue weighted by Gasteiger charge is -2.41. The number of benzene rings is 1. The number of hydrogen-bond acceptors (Lipinski definition) is 3. The van der Waals surface area contributed by atoms with Gasteiger partial charge in [0.1, 0.15) is 11.6 Å². The zero-order chi connectivity index (χ0) is 16.8. The Labute approximate surface area is 137 Å². The minimum absolute atomic E-state index is 0.172. The molecular formula is C18H28F2N2O. The first-order valence-corrected chi connectivity index (χ1v) is 8.50. The molecule has 2 rings (SSSR count). The summed E-state index contributed by atoms with van der Waals surface area (Å²) in [6.45, 7) is 8.86. The Morgan fingerprint density at radius 1 is 1.17 bits per heavy atom. The van der Waals surface area contributed by atoms with Gasteiger partial charge in [-0.1, -0.05) is 13.8 Å². The van der Waals surface area contributed by atoms with Gasteiger partial charge in [-0.25, -0.2) is 8.78 Å². The lowest BCUT2D eigenvalue weighted by atomic mass is 10.0. The van der Waals surface area contributed by atoms with E-state index in [2.05, 4.69) is 23.6 Å². The van der Waals surface area contributed by atoms with Gasteiger partial charge in [0.2, 0.25) is 0 Å². The highest BCUT2D eigenvalue weighted by Crippen LogP contribution is 2.18. The maximum absolute atomic E-state index is 13.3. The molecule has 0 radical (unpaired) electrons. The van der Waals surface area contributed by atoms with E-state index in [0.717, 1.165) is 45.1 Å². The molecule has 1 saturated heterocycles. The van der Waals surface area contributed by atoms with E-state index in [1.165, 1.54) is 12.1 Å². The van der Waals surface area contributed by atoms with Crippen LogP contribution in [0.2, 0.25) is 0 Å². The normalized spacial score (nSPS) is 20.3. The summed E-state index contributed by atoms with van der Waals surface area (Å²) in [7, 11) is 0. The first-order chi connectivity index (χ1) is 11.0. The lowest BCUT2D eigenvalue weighted by molar-refractivity contribution is 0.0523. The fourth-order valence-corrected chi connectivity index (χ4v) is 3.20. The second kappa shape index (κ2) is 8.71. The van der Waals surface area contributed by atoms with Crippen LogP contribution in [-0.4, -0.2) is 53.7 Å². The first-order valence-electron chi connectivity index (χ1n) is 8.50. The smallest absolute Gasteiger partial charge is 0.126 e. The standard InChI is InChI=1S/C18H28F2N2O/c1-14(2)3-5-22-7-6-21(13-18(22)4-8-23)12-15-9-16(19)11-17(20)10-15/h9-11,14,18,23H,3-8,12-13H2,1-2H3. The van der Waals surface area contributed by atoms with Crippen LogP contribution < -0.4 is 0 Å². The van der Waals surface area contributed by atoms with Crippen molar-refractivity contribution in [1.82, 2.24) is 9.80 Å². The minimum atomic E-state index is -0.525. The number of aliphatic hydroxyl groups excluding tert-OH is 1. The zero-order valence-corrected chi connectivity index (χ0v) is 14.1. The average Bonchev–Trinajstić information content (AvgIpc) is 2.45. The quantitative estimate of drug-likeness (QED) is 0.835. The van der Waals surface area contributed by atoms with Crippen LogP contribution in [0.1, 0.15) is 32.3 Å². The van der Waals surface area contributed by atoms with E-state index >= 15 is 0 Å². The number of nitrogens with zero attached hydrogens (tertiary/aromatic N) is 2. The zero-order valence-electron chi connectivity index (χ0n) is 14.1. The Morgan fingerprint density at radius 2 is 1.87 bits per heavy atom. The third kappa shape index (κ3) is 5.83. The monoisotopic (exact) mass is 326 g/mol. The van der Waals surface area contributed by atoms with Gasteiger partial charge in [-0.15, -0.1) is 0 Å². The topological polar surface area (TPSA) is 26.7 Å². The highest BCUT2D eigenvalue weighted by atomic mass is 19.1. The van der Waals surface area contributed by atoms with Gasteiger partial charge >= 0.3 is 0 Å². The Bertz CT molecular complexity index is 476. The molecule has 1 aromatic rings. The van der Waals surface area contributed by atoms with Crippen molar-refractivity contribution in [3.8, 4) is 0 Å². The Kier molecular flexibility index (Phi) is 6.93. The number of halogens is 2. The van der Waals surface area contributed by atoms with Crippen molar-refractivity contribution in [2.24, 2.45) is 5.92 Å². The molecule has 5 heteroatoms. The van der Waals surface area contributed by atoms with Crippen LogP contribution in [0.4, 0.5) is 8.78 Å². The maximum Gasteiger partial charge on any atom is 0.126 e. The molecule has 1 atom stereocenters. The second-order valence-corrected chi connectivity index (χ2v) is 6.90. The largest absolute Gasteiger partial charge is 0.396 e. The highest BCUT2D eigenvalue weighted by molar-refractivity contribution is 5.18. The van der Waals surface area contributed by atoms with Gasteiger partial charge in [0.15, 0.2) is 0 Å². The first kappa shape index (κ1) is 18.3. The molecule has 1 unspecified atom stereocenters. The summed E-state index contributed by atoms with van der Waals surface area (Å²) in [4.78, 5) is 4.67. The van der Waals surface area contributed by atoms with Crippen LogP contribution in [0.5, 0.6) is 0 Å². The summed E-state index contributed by atoms with van der Waals surface area (Å²) >= 11 is 0. The van der Waals surface area contributed by atoms with Crippen molar-refractivity contribution < 1.29 is 13.9 Å². The maximum atomic E-state index is 13.3. The van der Waals surface area contributed by atoms with Gasteiger partial charge in [0, 0.05) is 44.9 Å². The van der Waals surface area contributed by atoms with Crippen LogP contribution in [0.3, 0.4) is 0 Å². The van der Waals surface area contributed by atoms with Gasteiger partial charge < -0.3 is 5.11 Å². The molecule has 0 amide bonds. The SMILES string of the molecule is CC(C)CCN1CCN(Cc2cc(F)cc(F)c2)CC1CCO. The van der Waals surface area contributed by atoms with E-state index in [1.807, 2.05) is 0 Å². The number of piperazine rings is 1. The average molecular weight is 326 g/mol. The van der Waals surface area contributed by atoms with Gasteiger partial charge in [0.05, 0.1) is 0 Å². The Balaban J connectivity index is 1.95. The summed E-state index contributed by atoms with van der Waals surface area (Å²) in [5.74, 6) is -0.386. The molecule has 1 aromatic carbocycles. The van der Waals surface area contributed by atoms with Crippen molar-refractivity contribution in [2.45, 2.75) is 39.3 Å². The molecule has 0 aliphatic carbocycles. The molecule has 1 aliphatic heterocycles. The minimum Gasteiger partial charge on any atom is -0.396 e. The summed E-state index contributed by atoms with van der Waals surface area (Å²) < 4.78 is 26.6. The van der Waals surface area contributed by atoms with E-state index in [0.29, 0.717) is 24.1 Å². The van der Waals surface area contributed by atoms with Crippen molar-refractivity contribution in [2.75, 3.05) is 32.8 Å². The van der Waals surface area contributed by atoms with Crippen molar-refractivity contribution in [1.29, 1.82) is 0 Å². The Morgan fingerprint density at radius 3 is 2.48 bits per heavy atom. The summed E-state index contributed by atoms with van der Waals surface area (Å²) in [5, 5.41) is 9.32. The van der Waals surface area contributed by atoms with Gasteiger partial charge in [-0.3, -0.25) is 9.80 Å². The molecule has 0 saturated carbocycles. The van der Waals surface area contributed by atoms with Crippen molar-refractivity contribution in [3.63, 3.8) is 0 Å². The summed E-state index contributed by atoms with van der Waals surface area (Å²) in [6, 6.07) is 4.01. The van der Waals surface area contributed by atoms with Gasteiger partial charge in [0.25, 0.3) is 0 Å². The molecule has 1 fully saturated rings. The third-order valence-electron chi connectivity index (χ3n) is 4.47. The summed E-state index contributed by atoms with van der Waals surface area (Å²) in [5.41, 5.74) is 0.667. The fourth-order valence-electron chi connectivity index (χ4n) is 3.20. The van der Waals surface area contributed by atoms with Crippen LogP contribution in [0.15, 0.2) is 18.2 Å². The molecule has 1 heterocycles. The highest BCUT2D eigenvalue weighted by Gasteiger charge is 2.26. The van der Waals surface area contributed by atoms with Gasteiger partial charge in [-0.2, -0.15) is 0 Å². The van der Waals surface area contributed by atoms with E-state index < -0.39 is 11.6 Å². The molecule has 0 bridgehead atoms. The van der Waals surface area contributed by atoms with E-state index in [9.17, 15) is 13.9 Å². The molecule has 1 N–H and O–H groups in total. The van der Waals surface area contributed by atoms with E-state index in [4.69, 9.17) is 0 Å². The molecule has 23 heavy (non-hydrogen) atoms. The molecule has 0 aromatic heterocycles. The molecule has 130 valence electrons. The van der Waals surface area contributed by atoms with Crippen LogP contribution in [0, 0.1) is 17.6 Å². The van der Waals surface area contributed by atoms with E-state index in [-0.39, 0.29) is 6.61 Å². The molecular weight excluding hydrogens is 298 g/mol. The van der Waals surface area contributed by atoms with E-state index in [1.54, 1.807) is 0 Å². The van der Waals surface area contributed by atoms with Crippen molar-refractivity contribution >= 4 is 0 Å². The number of hydrogen-bond donors (Lipinski definition) is 1. The van der Waals surface area contributed by atoms with Crippen molar-refractivity contribution in [3.05, 3.63) is 35.4 Å². The third-order valence-corrected chi connectivity index (χ3v) is 4.47. The molecule has 0 spiro atoms. The lowest BCUT2D eigenvalue weighted by Crippen LogP contribution is -2.53. The number of rotatable bonds is 7. The molecule has 3 nitrogen and oxygen atoms in total. The molecule has 1 aliphatic rings. The summed E-state index contributed by atoms with van der Waals surface area (Å²) in [6.07, 6.45) is 1.89. The van der Waals surface area contributed by atoms with Gasteiger partial charge in [-0.05, 0) is 43.0 Å². The predicted octanol–water partition coefficient (Wildman–Crippen LogP) is 2.88. The van der Waals surface area contributed by atoms with Crippen LogP contribution in [0.25, 0.3) is 0 Å². The number of aliphatic hydroxyl groups is 1. The Hall–Kier alpha value is -1.04. The predicted molar refractivity (Wildman–Crippen MR) is 88.2 cm³/mol. The van der Waals surface area contributed by atoms with Crippen LogP contribution in [-0.2, 0) is 6.54 Å². The van der Waals surface area contributed by atoms with Crippen LogP contribution >= 0.6 is 0 Å². The second-order valence-electron chi connectivity index (χ2n) is 6.90.